The highest BCUT2D eigenvalue weighted by Crippen LogP contribution is 2.28. The first-order valence-corrected chi connectivity index (χ1v) is 6.34. The molecule has 1 aromatic rings. The van der Waals surface area contributed by atoms with Crippen LogP contribution in [0.3, 0.4) is 0 Å². The molecule has 0 radical (unpaired) electrons. The van der Waals surface area contributed by atoms with Crippen LogP contribution in [0.15, 0.2) is 0 Å². The fourth-order valence-corrected chi connectivity index (χ4v) is 2.79. The van der Waals surface area contributed by atoms with E-state index >= 15 is 0 Å². The van der Waals surface area contributed by atoms with Crippen LogP contribution in [0.5, 0.6) is 0 Å². The van der Waals surface area contributed by atoms with Gasteiger partial charge in [0.1, 0.15) is 0 Å². The molecule has 5 heteroatoms. The standard InChI is InChI=1S/C10H18N4S/c1-7-3-2-4-8(5-7)6-12-10-13-9(11)14-15-10/h7-8H,2-6H2,1H3,(H3,11,12,13,14). The minimum absolute atomic E-state index is 0.375. The maximum atomic E-state index is 5.46. The highest BCUT2D eigenvalue weighted by atomic mass is 32.1. The molecule has 0 bridgehead atoms. The van der Waals surface area contributed by atoms with E-state index in [1.165, 1.54) is 37.2 Å². The Morgan fingerprint density at radius 2 is 2.40 bits per heavy atom. The summed E-state index contributed by atoms with van der Waals surface area (Å²) in [7, 11) is 0. The zero-order valence-corrected chi connectivity index (χ0v) is 9.89. The molecule has 4 nitrogen and oxygen atoms in total. The van der Waals surface area contributed by atoms with Gasteiger partial charge >= 0.3 is 0 Å². The Hall–Kier alpha value is -0.840. The second kappa shape index (κ2) is 4.79. The van der Waals surface area contributed by atoms with Crippen molar-refractivity contribution in [1.82, 2.24) is 9.36 Å². The summed E-state index contributed by atoms with van der Waals surface area (Å²) in [6.45, 7) is 3.36. The lowest BCUT2D eigenvalue weighted by Crippen LogP contribution is -2.20. The normalized spacial score (nSPS) is 26.5. The molecule has 1 aromatic heterocycles. The molecule has 0 amide bonds. The summed E-state index contributed by atoms with van der Waals surface area (Å²) >= 11 is 1.34. The van der Waals surface area contributed by atoms with Crippen LogP contribution < -0.4 is 11.1 Å². The van der Waals surface area contributed by atoms with E-state index in [0.29, 0.717) is 5.95 Å². The summed E-state index contributed by atoms with van der Waals surface area (Å²) in [5.41, 5.74) is 5.46. The van der Waals surface area contributed by atoms with Crippen molar-refractivity contribution in [2.45, 2.75) is 32.6 Å². The van der Waals surface area contributed by atoms with E-state index in [1.54, 1.807) is 0 Å². The zero-order chi connectivity index (χ0) is 10.7. The maximum absolute atomic E-state index is 5.46. The van der Waals surface area contributed by atoms with Gasteiger partial charge in [0.15, 0.2) is 0 Å². The topological polar surface area (TPSA) is 63.8 Å². The Morgan fingerprint density at radius 3 is 3.07 bits per heavy atom. The molecule has 1 heterocycles. The second-order valence-electron chi connectivity index (χ2n) is 4.48. The molecule has 15 heavy (non-hydrogen) atoms. The molecule has 1 fully saturated rings. The summed E-state index contributed by atoms with van der Waals surface area (Å²) in [5.74, 6) is 2.04. The van der Waals surface area contributed by atoms with E-state index < -0.39 is 0 Å². The van der Waals surface area contributed by atoms with Crippen LogP contribution in [0.25, 0.3) is 0 Å². The van der Waals surface area contributed by atoms with E-state index in [1.807, 2.05) is 0 Å². The molecule has 0 aromatic carbocycles. The van der Waals surface area contributed by atoms with Crippen LogP contribution in [-0.4, -0.2) is 15.9 Å². The number of nitrogens with one attached hydrogen (secondary N) is 1. The predicted molar refractivity (Wildman–Crippen MR) is 63.9 cm³/mol. The zero-order valence-electron chi connectivity index (χ0n) is 9.07. The van der Waals surface area contributed by atoms with Crippen LogP contribution >= 0.6 is 11.5 Å². The van der Waals surface area contributed by atoms with E-state index in [4.69, 9.17) is 5.73 Å². The van der Waals surface area contributed by atoms with Gasteiger partial charge in [-0.3, -0.25) is 0 Å². The Bertz CT molecular complexity index is 312. The average molecular weight is 226 g/mol. The number of nitrogen functional groups attached to an aromatic ring is 1. The first-order valence-electron chi connectivity index (χ1n) is 5.57. The molecular weight excluding hydrogens is 208 g/mol. The van der Waals surface area contributed by atoms with Crippen LogP contribution in [0.4, 0.5) is 11.1 Å². The van der Waals surface area contributed by atoms with E-state index in [0.717, 1.165) is 23.5 Å². The molecule has 0 spiro atoms. The Labute approximate surface area is 94.5 Å². The Balaban J connectivity index is 1.77. The van der Waals surface area contributed by atoms with Gasteiger partial charge in [0, 0.05) is 18.1 Å². The number of nitrogens with two attached hydrogens (primary N) is 1. The van der Waals surface area contributed by atoms with Gasteiger partial charge in [-0.1, -0.05) is 19.8 Å². The highest BCUT2D eigenvalue weighted by Gasteiger charge is 2.18. The van der Waals surface area contributed by atoms with Crippen LogP contribution in [0, 0.1) is 11.8 Å². The first-order chi connectivity index (χ1) is 7.24. The minimum atomic E-state index is 0.375. The van der Waals surface area contributed by atoms with E-state index in [-0.39, 0.29) is 0 Å². The second-order valence-corrected chi connectivity index (χ2v) is 5.23. The third-order valence-corrected chi connectivity index (χ3v) is 3.72. The molecule has 0 saturated heterocycles. The SMILES string of the molecule is CC1CCCC(CNc2nc(N)ns2)C1. The fourth-order valence-electron chi connectivity index (χ4n) is 2.28. The lowest BCUT2D eigenvalue weighted by molar-refractivity contribution is 0.293. The fraction of sp³-hybridized carbons (Fsp3) is 0.800. The van der Waals surface area contributed by atoms with Gasteiger partial charge in [0.25, 0.3) is 0 Å². The van der Waals surface area contributed by atoms with E-state index in [9.17, 15) is 0 Å². The maximum Gasteiger partial charge on any atom is 0.233 e. The summed E-state index contributed by atoms with van der Waals surface area (Å²) in [4.78, 5) is 4.09. The van der Waals surface area contributed by atoms with Gasteiger partial charge in [-0.25, -0.2) is 0 Å². The highest BCUT2D eigenvalue weighted by molar-refractivity contribution is 7.09. The van der Waals surface area contributed by atoms with Crippen molar-refractivity contribution in [2.24, 2.45) is 11.8 Å². The van der Waals surface area contributed by atoms with Crippen molar-refractivity contribution in [3.8, 4) is 0 Å². The molecule has 3 N–H and O–H groups in total. The molecule has 2 atom stereocenters. The largest absolute Gasteiger partial charge is 0.367 e. The molecule has 0 aliphatic heterocycles. The molecule has 1 saturated carbocycles. The lowest BCUT2D eigenvalue weighted by atomic mass is 9.82. The van der Waals surface area contributed by atoms with Gasteiger partial charge in [0.2, 0.25) is 11.1 Å². The summed E-state index contributed by atoms with van der Waals surface area (Å²) in [6, 6.07) is 0. The van der Waals surface area contributed by atoms with E-state index in [2.05, 4.69) is 21.6 Å². The lowest BCUT2D eigenvalue weighted by Gasteiger charge is -2.26. The third kappa shape index (κ3) is 3.06. The molecule has 1 aliphatic carbocycles. The van der Waals surface area contributed by atoms with Crippen LogP contribution in [0.1, 0.15) is 32.6 Å². The number of rotatable bonds is 3. The molecular formula is C10H18N4S. The third-order valence-electron chi connectivity index (χ3n) is 3.03. The van der Waals surface area contributed by atoms with Gasteiger partial charge in [0.05, 0.1) is 0 Å². The summed E-state index contributed by atoms with van der Waals surface area (Å²) < 4.78 is 3.94. The van der Waals surface area contributed by atoms with Crippen LogP contribution in [-0.2, 0) is 0 Å². The Morgan fingerprint density at radius 1 is 1.53 bits per heavy atom. The van der Waals surface area contributed by atoms with Gasteiger partial charge in [-0.2, -0.15) is 9.36 Å². The first kappa shape index (κ1) is 10.7. The molecule has 84 valence electrons. The quantitative estimate of drug-likeness (QED) is 0.830. The smallest absolute Gasteiger partial charge is 0.233 e. The van der Waals surface area contributed by atoms with Gasteiger partial charge in [-0.05, 0) is 24.7 Å². The van der Waals surface area contributed by atoms with Crippen molar-refractivity contribution >= 4 is 22.6 Å². The van der Waals surface area contributed by atoms with Crippen molar-refractivity contribution in [3.63, 3.8) is 0 Å². The number of aromatic nitrogens is 2. The minimum Gasteiger partial charge on any atom is -0.367 e. The number of anilines is 2. The molecule has 2 rings (SSSR count). The summed E-state index contributed by atoms with van der Waals surface area (Å²) in [5, 5.41) is 4.17. The monoisotopic (exact) mass is 226 g/mol. The summed E-state index contributed by atoms with van der Waals surface area (Å²) in [6.07, 6.45) is 5.43. The van der Waals surface area contributed by atoms with Crippen molar-refractivity contribution < 1.29 is 0 Å². The van der Waals surface area contributed by atoms with Crippen molar-refractivity contribution in [1.29, 1.82) is 0 Å². The number of hydrogen-bond donors (Lipinski definition) is 2. The van der Waals surface area contributed by atoms with Gasteiger partial charge < -0.3 is 11.1 Å². The Kier molecular flexibility index (Phi) is 3.41. The van der Waals surface area contributed by atoms with Crippen molar-refractivity contribution in [2.75, 3.05) is 17.6 Å². The van der Waals surface area contributed by atoms with Crippen molar-refractivity contribution in [3.05, 3.63) is 0 Å². The average Bonchev–Trinajstić information content (AvgIpc) is 2.62. The van der Waals surface area contributed by atoms with Gasteiger partial charge in [-0.15, -0.1) is 0 Å². The van der Waals surface area contributed by atoms with Crippen LogP contribution in [0.2, 0.25) is 0 Å². The number of hydrogen-bond acceptors (Lipinski definition) is 5. The predicted octanol–water partition coefficient (Wildman–Crippen LogP) is 2.36. The number of nitrogens with zero attached hydrogens (tertiary/aromatic N) is 2. The molecule has 1 aliphatic rings. The molecule has 2 unspecified atom stereocenters.